The zero-order chi connectivity index (χ0) is 11.4. The lowest BCUT2D eigenvalue weighted by Crippen LogP contribution is -2.21. The van der Waals surface area contributed by atoms with Gasteiger partial charge in [0.25, 0.3) is 0 Å². The van der Waals surface area contributed by atoms with E-state index in [0.29, 0.717) is 5.15 Å². The van der Waals surface area contributed by atoms with E-state index in [4.69, 9.17) is 11.6 Å². The van der Waals surface area contributed by atoms with Crippen LogP contribution in [0.15, 0.2) is 24.4 Å². The fourth-order valence-electron chi connectivity index (χ4n) is 1.33. The first-order valence-corrected chi connectivity index (χ1v) is 5.97. The SMILES string of the molecule is CN(CCc1ccccn1)c1nsnc1Cl. The summed E-state index contributed by atoms with van der Waals surface area (Å²) in [6.45, 7) is 0.822. The molecular weight excluding hydrogens is 244 g/mol. The van der Waals surface area contributed by atoms with Crippen LogP contribution in [0.4, 0.5) is 5.82 Å². The van der Waals surface area contributed by atoms with Gasteiger partial charge < -0.3 is 4.90 Å². The summed E-state index contributed by atoms with van der Waals surface area (Å²) in [5.41, 5.74) is 1.06. The van der Waals surface area contributed by atoms with Gasteiger partial charge in [-0.15, -0.1) is 0 Å². The average molecular weight is 255 g/mol. The van der Waals surface area contributed by atoms with Crippen molar-refractivity contribution in [1.82, 2.24) is 13.7 Å². The normalized spacial score (nSPS) is 10.4. The van der Waals surface area contributed by atoms with E-state index >= 15 is 0 Å². The third-order valence-electron chi connectivity index (χ3n) is 2.22. The topological polar surface area (TPSA) is 41.9 Å². The van der Waals surface area contributed by atoms with Crippen LogP contribution in [-0.2, 0) is 6.42 Å². The number of halogens is 1. The molecule has 0 bridgehead atoms. The molecule has 2 aromatic heterocycles. The summed E-state index contributed by atoms with van der Waals surface area (Å²) in [5, 5.41) is 0.466. The number of aromatic nitrogens is 3. The van der Waals surface area contributed by atoms with E-state index in [2.05, 4.69) is 13.7 Å². The molecule has 2 rings (SSSR count). The van der Waals surface area contributed by atoms with Gasteiger partial charge in [-0.05, 0) is 12.1 Å². The molecule has 0 amide bonds. The fraction of sp³-hybridized carbons (Fsp3) is 0.300. The van der Waals surface area contributed by atoms with Crippen LogP contribution < -0.4 is 4.90 Å². The Hall–Kier alpha value is -1.20. The summed E-state index contributed by atoms with van der Waals surface area (Å²) in [4.78, 5) is 6.25. The van der Waals surface area contributed by atoms with Crippen molar-refractivity contribution in [2.24, 2.45) is 0 Å². The molecule has 0 unspecified atom stereocenters. The van der Waals surface area contributed by atoms with Crippen molar-refractivity contribution >= 4 is 29.1 Å². The highest BCUT2D eigenvalue weighted by atomic mass is 35.5. The van der Waals surface area contributed by atoms with Gasteiger partial charge in [-0.2, -0.15) is 8.75 Å². The summed E-state index contributed by atoms with van der Waals surface area (Å²) in [6, 6.07) is 5.91. The summed E-state index contributed by atoms with van der Waals surface area (Å²) in [7, 11) is 1.95. The number of rotatable bonds is 4. The molecular formula is C10H11ClN4S. The van der Waals surface area contributed by atoms with E-state index in [1.54, 1.807) is 6.20 Å². The molecule has 0 aliphatic carbocycles. The van der Waals surface area contributed by atoms with Crippen LogP contribution in [-0.4, -0.2) is 27.3 Å². The molecule has 0 N–H and O–H groups in total. The number of hydrogen-bond acceptors (Lipinski definition) is 5. The van der Waals surface area contributed by atoms with E-state index < -0.39 is 0 Å². The van der Waals surface area contributed by atoms with Gasteiger partial charge in [0.05, 0.1) is 11.7 Å². The standard InChI is InChI=1S/C10H11ClN4S/c1-15(10-9(11)13-16-14-10)7-5-8-4-2-3-6-12-8/h2-4,6H,5,7H2,1H3. The Morgan fingerprint density at radius 3 is 2.88 bits per heavy atom. The van der Waals surface area contributed by atoms with Crippen LogP contribution in [0.3, 0.4) is 0 Å². The summed E-state index contributed by atoms with van der Waals surface area (Å²) >= 11 is 7.02. The zero-order valence-corrected chi connectivity index (χ0v) is 10.4. The van der Waals surface area contributed by atoms with Crippen molar-refractivity contribution < 1.29 is 0 Å². The lowest BCUT2D eigenvalue weighted by molar-refractivity contribution is 0.844. The Kier molecular flexibility index (Phi) is 3.69. The molecule has 16 heavy (non-hydrogen) atoms. The number of hydrogen-bond donors (Lipinski definition) is 0. The summed E-state index contributed by atoms with van der Waals surface area (Å²) < 4.78 is 8.06. The van der Waals surface area contributed by atoms with Gasteiger partial charge >= 0.3 is 0 Å². The molecule has 6 heteroatoms. The number of nitrogens with zero attached hydrogens (tertiary/aromatic N) is 4. The molecule has 0 radical (unpaired) electrons. The molecule has 0 spiro atoms. The van der Waals surface area contributed by atoms with Crippen LogP contribution in [0, 0.1) is 0 Å². The van der Waals surface area contributed by atoms with Gasteiger partial charge in [0, 0.05) is 31.9 Å². The van der Waals surface area contributed by atoms with E-state index in [1.807, 2.05) is 30.1 Å². The molecule has 0 fully saturated rings. The van der Waals surface area contributed by atoms with Gasteiger partial charge in [0.1, 0.15) is 0 Å². The zero-order valence-electron chi connectivity index (χ0n) is 8.80. The molecule has 84 valence electrons. The highest BCUT2D eigenvalue weighted by molar-refractivity contribution is 6.99. The highest BCUT2D eigenvalue weighted by Gasteiger charge is 2.10. The maximum Gasteiger partial charge on any atom is 0.187 e. The van der Waals surface area contributed by atoms with E-state index in [9.17, 15) is 0 Å². The van der Waals surface area contributed by atoms with Gasteiger partial charge in [-0.25, -0.2) is 0 Å². The molecule has 2 heterocycles. The highest BCUT2D eigenvalue weighted by Crippen LogP contribution is 2.21. The molecule has 0 aliphatic rings. The molecule has 4 nitrogen and oxygen atoms in total. The molecule has 0 atom stereocenters. The minimum Gasteiger partial charge on any atom is -0.356 e. The van der Waals surface area contributed by atoms with E-state index in [0.717, 1.165) is 36.2 Å². The predicted molar refractivity (Wildman–Crippen MR) is 66.1 cm³/mol. The number of likely N-dealkylation sites (N-methyl/N-ethyl adjacent to an activating group) is 1. The van der Waals surface area contributed by atoms with Crippen LogP contribution in [0.25, 0.3) is 0 Å². The van der Waals surface area contributed by atoms with Crippen molar-refractivity contribution in [2.45, 2.75) is 6.42 Å². The first kappa shape index (κ1) is 11.3. The first-order chi connectivity index (χ1) is 7.77. The lowest BCUT2D eigenvalue weighted by atomic mass is 10.2. The first-order valence-electron chi connectivity index (χ1n) is 4.86. The van der Waals surface area contributed by atoms with Gasteiger partial charge in [-0.3, -0.25) is 4.98 Å². The van der Waals surface area contributed by atoms with Crippen LogP contribution in [0.2, 0.25) is 5.15 Å². The monoisotopic (exact) mass is 254 g/mol. The predicted octanol–water partition coefficient (Wildman–Crippen LogP) is 2.27. The Morgan fingerprint density at radius 1 is 1.38 bits per heavy atom. The van der Waals surface area contributed by atoms with Crippen LogP contribution in [0.5, 0.6) is 0 Å². The molecule has 0 aromatic carbocycles. The molecule has 0 saturated carbocycles. The fourth-order valence-corrected chi connectivity index (χ4v) is 2.16. The quantitative estimate of drug-likeness (QED) is 0.839. The van der Waals surface area contributed by atoms with Crippen molar-refractivity contribution in [1.29, 1.82) is 0 Å². The second-order valence-corrected chi connectivity index (χ2v) is 4.26. The van der Waals surface area contributed by atoms with E-state index in [1.165, 1.54) is 0 Å². The average Bonchev–Trinajstić information content (AvgIpc) is 2.74. The third-order valence-corrected chi connectivity index (χ3v) is 3.10. The summed E-state index contributed by atoms with van der Waals surface area (Å²) in [6.07, 6.45) is 2.66. The molecule has 0 saturated heterocycles. The van der Waals surface area contributed by atoms with Crippen molar-refractivity contribution in [3.05, 3.63) is 35.2 Å². The minimum atomic E-state index is 0.466. The maximum absolute atomic E-state index is 5.90. The van der Waals surface area contributed by atoms with Crippen LogP contribution >= 0.6 is 23.3 Å². The minimum absolute atomic E-state index is 0.466. The smallest absolute Gasteiger partial charge is 0.187 e. The van der Waals surface area contributed by atoms with Crippen molar-refractivity contribution in [3.8, 4) is 0 Å². The second kappa shape index (κ2) is 5.23. The number of pyridine rings is 1. The van der Waals surface area contributed by atoms with Gasteiger partial charge in [0.15, 0.2) is 11.0 Å². The Bertz CT molecular complexity index is 445. The maximum atomic E-state index is 5.90. The van der Waals surface area contributed by atoms with Gasteiger partial charge in [0.2, 0.25) is 0 Å². The lowest BCUT2D eigenvalue weighted by Gasteiger charge is -2.15. The third kappa shape index (κ3) is 2.68. The Balaban J connectivity index is 1.94. The van der Waals surface area contributed by atoms with E-state index in [-0.39, 0.29) is 0 Å². The second-order valence-electron chi connectivity index (χ2n) is 3.37. The largest absolute Gasteiger partial charge is 0.356 e. The Labute approximate surface area is 103 Å². The van der Waals surface area contributed by atoms with Crippen molar-refractivity contribution in [3.63, 3.8) is 0 Å². The Morgan fingerprint density at radius 2 is 2.25 bits per heavy atom. The number of anilines is 1. The van der Waals surface area contributed by atoms with Gasteiger partial charge in [-0.1, -0.05) is 17.7 Å². The molecule has 2 aromatic rings. The summed E-state index contributed by atoms with van der Waals surface area (Å²) in [5.74, 6) is 0.739. The van der Waals surface area contributed by atoms with Crippen molar-refractivity contribution in [2.75, 3.05) is 18.5 Å². The van der Waals surface area contributed by atoms with Crippen LogP contribution in [0.1, 0.15) is 5.69 Å². The molecule has 0 aliphatic heterocycles.